The third kappa shape index (κ3) is 2.57. The normalized spacial score (nSPS) is 27.1. The van der Waals surface area contributed by atoms with Crippen molar-refractivity contribution in [1.82, 2.24) is 4.90 Å². The molecule has 2 atom stereocenters. The lowest BCUT2D eigenvalue weighted by atomic mass is 10.0. The van der Waals surface area contributed by atoms with Gasteiger partial charge in [0.15, 0.2) is 0 Å². The quantitative estimate of drug-likeness (QED) is 0.773. The maximum absolute atomic E-state index is 12.3. The monoisotopic (exact) mass is 224 g/mol. The Morgan fingerprint density at radius 3 is 2.81 bits per heavy atom. The van der Waals surface area contributed by atoms with E-state index in [4.69, 9.17) is 5.73 Å². The molecule has 1 aliphatic heterocycles. The molecule has 3 heteroatoms. The number of amides is 1. The third-order valence-corrected chi connectivity index (χ3v) is 4.12. The third-order valence-electron chi connectivity index (χ3n) is 4.12. The number of hydrogen-bond acceptors (Lipinski definition) is 2. The molecule has 1 saturated heterocycles. The number of carbonyl (C=O) groups is 1. The molecule has 16 heavy (non-hydrogen) atoms. The van der Waals surface area contributed by atoms with Gasteiger partial charge in [0.1, 0.15) is 0 Å². The van der Waals surface area contributed by atoms with Crippen molar-refractivity contribution in [3.8, 4) is 0 Å². The second kappa shape index (κ2) is 5.17. The summed E-state index contributed by atoms with van der Waals surface area (Å²) < 4.78 is 0. The van der Waals surface area contributed by atoms with Gasteiger partial charge in [-0.1, -0.05) is 6.92 Å². The van der Waals surface area contributed by atoms with Gasteiger partial charge in [0.2, 0.25) is 5.91 Å². The Labute approximate surface area is 98.4 Å². The van der Waals surface area contributed by atoms with Gasteiger partial charge in [0, 0.05) is 18.5 Å². The van der Waals surface area contributed by atoms with Gasteiger partial charge < -0.3 is 10.6 Å². The van der Waals surface area contributed by atoms with Gasteiger partial charge in [-0.15, -0.1) is 0 Å². The Bertz CT molecular complexity index is 250. The highest BCUT2D eigenvalue weighted by molar-refractivity contribution is 5.79. The highest BCUT2D eigenvalue weighted by atomic mass is 16.2. The van der Waals surface area contributed by atoms with Crippen LogP contribution in [0.15, 0.2) is 0 Å². The number of nitrogens with zero attached hydrogens (tertiary/aromatic N) is 1. The summed E-state index contributed by atoms with van der Waals surface area (Å²) in [6, 6.07) is 0.484. The molecule has 2 rings (SSSR count). The van der Waals surface area contributed by atoms with E-state index in [0.717, 1.165) is 25.9 Å². The number of rotatable bonds is 5. The zero-order chi connectivity index (χ0) is 11.5. The minimum atomic E-state index is 0.262. The molecule has 2 fully saturated rings. The summed E-state index contributed by atoms with van der Waals surface area (Å²) in [6.07, 6.45) is 7.02. The number of likely N-dealkylation sites (tertiary alicyclic amines) is 1. The van der Waals surface area contributed by atoms with Crippen molar-refractivity contribution in [3.05, 3.63) is 0 Å². The molecule has 1 aliphatic carbocycles. The lowest BCUT2D eigenvalue weighted by Crippen LogP contribution is -2.39. The van der Waals surface area contributed by atoms with Crippen LogP contribution >= 0.6 is 0 Å². The van der Waals surface area contributed by atoms with Crippen LogP contribution in [0.2, 0.25) is 0 Å². The summed E-state index contributed by atoms with van der Waals surface area (Å²) in [4.78, 5) is 14.4. The first-order chi connectivity index (χ1) is 7.74. The molecule has 2 N–H and O–H groups in total. The minimum Gasteiger partial charge on any atom is -0.339 e. The summed E-state index contributed by atoms with van der Waals surface area (Å²) >= 11 is 0. The Morgan fingerprint density at radius 1 is 1.44 bits per heavy atom. The lowest BCUT2D eigenvalue weighted by Gasteiger charge is -2.27. The maximum atomic E-state index is 12.3. The summed E-state index contributed by atoms with van der Waals surface area (Å²) in [5.74, 6) is 1.35. The molecule has 0 aromatic carbocycles. The Morgan fingerprint density at radius 2 is 2.19 bits per heavy atom. The lowest BCUT2D eigenvalue weighted by molar-refractivity contribution is -0.136. The first-order valence-electron chi connectivity index (χ1n) is 6.74. The number of nitrogens with two attached hydrogens (primary N) is 1. The van der Waals surface area contributed by atoms with Crippen LogP contribution in [0, 0.1) is 11.8 Å². The van der Waals surface area contributed by atoms with Crippen LogP contribution in [0.25, 0.3) is 0 Å². The van der Waals surface area contributed by atoms with Gasteiger partial charge in [-0.3, -0.25) is 4.79 Å². The fourth-order valence-corrected chi connectivity index (χ4v) is 2.84. The van der Waals surface area contributed by atoms with Crippen molar-refractivity contribution in [3.63, 3.8) is 0 Å². The van der Waals surface area contributed by atoms with E-state index in [-0.39, 0.29) is 5.92 Å². The predicted octanol–water partition coefficient (Wildman–Crippen LogP) is 1.76. The molecule has 0 spiro atoms. The number of carbonyl (C=O) groups excluding carboxylic acids is 1. The van der Waals surface area contributed by atoms with E-state index in [0.29, 0.717) is 17.9 Å². The van der Waals surface area contributed by atoms with E-state index in [1.807, 2.05) is 0 Å². The van der Waals surface area contributed by atoms with Crippen molar-refractivity contribution < 1.29 is 4.79 Å². The smallest absolute Gasteiger partial charge is 0.225 e. The molecule has 0 radical (unpaired) electrons. The molecule has 2 aliphatic rings. The van der Waals surface area contributed by atoms with Crippen LogP contribution in [0.3, 0.4) is 0 Å². The summed E-state index contributed by atoms with van der Waals surface area (Å²) in [5, 5.41) is 0. The molecular weight excluding hydrogens is 200 g/mol. The minimum absolute atomic E-state index is 0.262. The van der Waals surface area contributed by atoms with Crippen LogP contribution in [0.5, 0.6) is 0 Å². The maximum Gasteiger partial charge on any atom is 0.225 e. The molecule has 0 aromatic rings. The second-order valence-corrected chi connectivity index (χ2v) is 5.38. The van der Waals surface area contributed by atoms with Crippen molar-refractivity contribution >= 4 is 5.91 Å². The fourth-order valence-electron chi connectivity index (χ4n) is 2.84. The molecule has 1 heterocycles. The molecule has 3 nitrogen and oxygen atoms in total. The highest BCUT2D eigenvalue weighted by Crippen LogP contribution is 2.38. The number of hydrogen-bond donors (Lipinski definition) is 1. The van der Waals surface area contributed by atoms with Gasteiger partial charge in [-0.2, -0.15) is 0 Å². The van der Waals surface area contributed by atoms with E-state index in [2.05, 4.69) is 11.8 Å². The molecule has 0 bridgehead atoms. The van der Waals surface area contributed by atoms with Gasteiger partial charge in [-0.05, 0) is 51.0 Å². The van der Waals surface area contributed by atoms with E-state index < -0.39 is 0 Å². The first kappa shape index (κ1) is 11.9. The van der Waals surface area contributed by atoms with E-state index >= 15 is 0 Å². The van der Waals surface area contributed by atoms with Crippen LogP contribution in [-0.4, -0.2) is 29.9 Å². The highest BCUT2D eigenvalue weighted by Gasteiger charge is 2.38. The van der Waals surface area contributed by atoms with Crippen molar-refractivity contribution in [1.29, 1.82) is 0 Å². The Kier molecular flexibility index (Phi) is 3.85. The van der Waals surface area contributed by atoms with Crippen molar-refractivity contribution in [2.45, 2.75) is 51.5 Å². The van der Waals surface area contributed by atoms with Crippen LogP contribution in [-0.2, 0) is 4.79 Å². The molecular formula is C13H24N2O. The summed E-state index contributed by atoms with van der Waals surface area (Å²) in [5.41, 5.74) is 5.54. The van der Waals surface area contributed by atoms with Crippen LogP contribution in [0.4, 0.5) is 0 Å². The van der Waals surface area contributed by atoms with Crippen molar-refractivity contribution in [2.75, 3.05) is 13.1 Å². The average molecular weight is 224 g/mol. The molecule has 92 valence electrons. The zero-order valence-electron chi connectivity index (χ0n) is 10.3. The van der Waals surface area contributed by atoms with Gasteiger partial charge in [0.05, 0.1) is 0 Å². The van der Waals surface area contributed by atoms with Crippen LogP contribution in [0.1, 0.15) is 45.4 Å². The SMILES string of the molecule is CC(C(=O)N1CCCC1CCCN)C1CC1. The van der Waals surface area contributed by atoms with Gasteiger partial charge >= 0.3 is 0 Å². The van der Waals surface area contributed by atoms with E-state index in [1.54, 1.807) is 0 Å². The van der Waals surface area contributed by atoms with Gasteiger partial charge in [0.25, 0.3) is 0 Å². The van der Waals surface area contributed by atoms with Crippen LogP contribution < -0.4 is 5.73 Å². The summed E-state index contributed by atoms with van der Waals surface area (Å²) in [7, 11) is 0. The molecule has 2 unspecified atom stereocenters. The largest absolute Gasteiger partial charge is 0.339 e. The summed E-state index contributed by atoms with van der Waals surface area (Å²) in [6.45, 7) is 3.83. The zero-order valence-corrected chi connectivity index (χ0v) is 10.3. The molecule has 1 saturated carbocycles. The standard InChI is InChI=1S/C13H24N2O/c1-10(11-6-7-11)13(16)15-9-3-5-12(15)4-2-8-14/h10-12H,2-9,14H2,1H3. The Balaban J connectivity index is 1.88. The average Bonchev–Trinajstić information content (AvgIpc) is 3.04. The molecule has 0 aromatic heterocycles. The second-order valence-electron chi connectivity index (χ2n) is 5.38. The Hall–Kier alpha value is -0.570. The van der Waals surface area contributed by atoms with Gasteiger partial charge in [-0.25, -0.2) is 0 Å². The van der Waals surface area contributed by atoms with Crippen molar-refractivity contribution in [2.24, 2.45) is 17.6 Å². The molecule has 1 amide bonds. The topological polar surface area (TPSA) is 46.3 Å². The fraction of sp³-hybridized carbons (Fsp3) is 0.923. The van der Waals surface area contributed by atoms with E-state index in [9.17, 15) is 4.79 Å². The first-order valence-corrected chi connectivity index (χ1v) is 6.74. The predicted molar refractivity (Wildman–Crippen MR) is 64.9 cm³/mol. The van der Waals surface area contributed by atoms with E-state index in [1.165, 1.54) is 25.7 Å².